The summed E-state index contributed by atoms with van der Waals surface area (Å²) in [5.41, 5.74) is 2.46. The third-order valence-electron chi connectivity index (χ3n) is 4.67. The first-order chi connectivity index (χ1) is 15.9. The molecular weight excluding hydrogens is 604 g/mol. The number of benzene rings is 3. The van der Waals surface area contributed by atoms with Crippen LogP contribution in [0.4, 0.5) is 4.39 Å². The fraction of sp³-hybridized carbons (Fsp3) is 0.120. The number of carbonyl (C=O) groups is 1. The van der Waals surface area contributed by atoms with Gasteiger partial charge in [0.05, 0.1) is 6.61 Å². The van der Waals surface area contributed by atoms with Crippen LogP contribution in [0.5, 0.6) is 11.5 Å². The van der Waals surface area contributed by atoms with Crippen LogP contribution >= 0.6 is 38.5 Å². The van der Waals surface area contributed by atoms with Gasteiger partial charge in [0, 0.05) is 13.6 Å². The van der Waals surface area contributed by atoms with Crippen molar-refractivity contribution in [2.75, 3.05) is 6.61 Å². The van der Waals surface area contributed by atoms with E-state index in [0.29, 0.717) is 29.2 Å². The number of rotatable bonds is 7. The van der Waals surface area contributed by atoms with Crippen LogP contribution in [0.2, 0.25) is 0 Å². The fourth-order valence-corrected chi connectivity index (χ4v) is 3.78. The van der Waals surface area contributed by atoms with E-state index in [1.165, 1.54) is 12.1 Å². The number of hydrogen-bond acceptors (Lipinski definition) is 5. The SMILES string of the molecule is CCOc1cc(/C=C2\N=C(c3ccc(I)c(Br)c3)OC2=O)ccc1OCc1ccc(F)cc1. The topological polar surface area (TPSA) is 57.1 Å². The summed E-state index contributed by atoms with van der Waals surface area (Å²) in [7, 11) is 0. The Morgan fingerprint density at radius 2 is 1.85 bits per heavy atom. The zero-order chi connectivity index (χ0) is 23.4. The molecule has 1 aliphatic heterocycles. The van der Waals surface area contributed by atoms with E-state index in [-0.39, 0.29) is 24.0 Å². The summed E-state index contributed by atoms with van der Waals surface area (Å²) in [5.74, 6) is 0.523. The third kappa shape index (κ3) is 5.80. The van der Waals surface area contributed by atoms with E-state index < -0.39 is 5.97 Å². The van der Waals surface area contributed by atoms with Crippen molar-refractivity contribution < 1.29 is 23.4 Å². The Labute approximate surface area is 212 Å². The van der Waals surface area contributed by atoms with Crippen LogP contribution in [0.3, 0.4) is 0 Å². The molecule has 0 spiro atoms. The molecule has 0 N–H and O–H groups in total. The van der Waals surface area contributed by atoms with Crippen molar-refractivity contribution in [2.24, 2.45) is 4.99 Å². The fourth-order valence-electron chi connectivity index (χ4n) is 3.06. The highest BCUT2D eigenvalue weighted by molar-refractivity contribution is 14.1. The summed E-state index contributed by atoms with van der Waals surface area (Å²) in [6.07, 6.45) is 1.64. The minimum absolute atomic E-state index is 0.196. The van der Waals surface area contributed by atoms with Crippen molar-refractivity contribution in [3.8, 4) is 11.5 Å². The average molecular weight is 622 g/mol. The second-order valence-electron chi connectivity index (χ2n) is 7.02. The number of cyclic esters (lactones) is 1. The molecule has 33 heavy (non-hydrogen) atoms. The molecule has 3 aromatic rings. The van der Waals surface area contributed by atoms with E-state index in [9.17, 15) is 9.18 Å². The zero-order valence-electron chi connectivity index (χ0n) is 17.5. The molecule has 1 heterocycles. The first-order valence-corrected chi connectivity index (χ1v) is 11.9. The average Bonchev–Trinajstić information content (AvgIpc) is 3.16. The summed E-state index contributed by atoms with van der Waals surface area (Å²) < 4.78 is 32.0. The van der Waals surface area contributed by atoms with Crippen LogP contribution in [-0.4, -0.2) is 18.5 Å². The summed E-state index contributed by atoms with van der Waals surface area (Å²) in [4.78, 5) is 16.7. The van der Waals surface area contributed by atoms with Crippen molar-refractivity contribution in [1.82, 2.24) is 0 Å². The van der Waals surface area contributed by atoms with Gasteiger partial charge in [0.2, 0.25) is 5.90 Å². The highest BCUT2D eigenvalue weighted by atomic mass is 127. The maximum Gasteiger partial charge on any atom is 0.363 e. The van der Waals surface area contributed by atoms with Crippen LogP contribution in [0.25, 0.3) is 6.08 Å². The van der Waals surface area contributed by atoms with Gasteiger partial charge in [-0.05, 0) is 105 Å². The molecule has 4 rings (SSSR count). The molecule has 5 nitrogen and oxygen atoms in total. The maximum atomic E-state index is 13.1. The summed E-state index contributed by atoms with van der Waals surface area (Å²) in [5, 5.41) is 0. The van der Waals surface area contributed by atoms with E-state index in [2.05, 4.69) is 43.5 Å². The van der Waals surface area contributed by atoms with E-state index >= 15 is 0 Å². The Morgan fingerprint density at radius 3 is 2.58 bits per heavy atom. The largest absolute Gasteiger partial charge is 0.490 e. The van der Waals surface area contributed by atoms with Crippen molar-refractivity contribution >= 4 is 56.5 Å². The quantitative estimate of drug-likeness (QED) is 0.171. The van der Waals surface area contributed by atoms with Gasteiger partial charge in [0.1, 0.15) is 12.4 Å². The molecule has 8 heteroatoms. The standard InChI is InChI=1S/C25H18BrFINO4/c1-2-31-23-12-16(5-10-22(23)32-14-15-3-7-18(27)8-4-15)11-21-25(30)33-24(29-21)17-6-9-20(28)19(26)13-17/h3-13H,2,14H2,1H3/b21-11-. The summed E-state index contributed by atoms with van der Waals surface area (Å²) >= 11 is 5.68. The van der Waals surface area contributed by atoms with Crippen LogP contribution < -0.4 is 9.47 Å². The van der Waals surface area contributed by atoms with Gasteiger partial charge in [0.25, 0.3) is 0 Å². The smallest absolute Gasteiger partial charge is 0.363 e. The maximum absolute atomic E-state index is 13.1. The predicted octanol–water partition coefficient (Wildman–Crippen LogP) is 6.52. The number of hydrogen-bond donors (Lipinski definition) is 0. The van der Waals surface area contributed by atoms with Gasteiger partial charge in [-0.1, -0.05) is 18.2 Å². The number of esters is 1. The van der Waals surface area contributed by atoms with Crippen LogP contribution in [0, 0.1) is 9.39 Å². The molecule has 0 unspecified atom stereocenters. The van der Waals surface area contributed by atoms with Crippen molar-refractivity contribution in [3.05, 3.63) is 96.9 Å². The molecule has 0 aliphatic carbocycles. The Morgan fingerprint density at radius 1 is 1.06 bits per heavy atom. The van der Waals surface area contributed by atoms with Crippen molar-refractivity contribution in [2.45, 2.75) is 13.5 Å². The molecule has 0 radical (unpaired) electrons. The van der Waals surface area contributed by atoms with Gasteiger partial charge in [-0.25, -0.2) is 14.2 Å². The minimum atomic E-state index is -0.519. The molecule has 3 aromatic carbocycles. The first-order valence-electron chi connectivity index (χ1n) is 10.0. The Kier molecular flexibility index (Phi) is 7.44. The number of ether oxygens (including phenoxy) is 3. The lowest BCUT2D eigenvalue weighted by Crippen LogP contribution is -2.05. The molecule has 0 saturated heterocycles. The Hall–Kier alpha value is -2.72. The molecule has 0 aromatic heterocycles. The minimum Gasteiger partial charge on any atom is -0.490 e. The van der Waals surface area contributed by atoms with E-state index in [4.69, 9.17) is 14.2 Å². The molecular formula is C25H18BrFINO4. The van der Waals surface area contributed by atoms with Gasteiger partial charge >= 0.3 is 5.97 Å². The van der Waals surface area contributed by atoms with Gasteiger partial charge in [-0.15, -0.1) is 0 Å². The summed E-state index contributed by atoms with van der Waals surface area (Å²) in [6, 6.07) is 17.1. The van der Waals surface area contributed by atoms with E-state index in [1.54, 1.807) is 36.4 Å². The van der Waals surface area contributed by atoms with Gasteiger partial charge in [0.15, 0.2) is 17.2 Å². The molecule has 0 bridgehead atoms. The first kappa shape index (κ1) is 23.4. The predicted molar refractivity (Wildman–Crippen MR) is 136 cm³/mol. The Balaban J connectivity index is 1.56. The second kappa shape index (κ2) is 10.5. The molecule has 1 aliphatic rings. The van der Waals surface area contributed by atoms with E-state index in [0.717, 1.165) is 13.6 Å². The van der Waals surface area contributed by atoms with E-state index in [1.807, 2.05) is 25.1 Å². The second-order valence-corrected chi connectivity index (χ2v) is 9.04. The lowest BCUT2D eigenvalue weighted by atomic mass is 10.1. The number of carbonyl (C=O) groups excluding carboxylic acids is 1. The number of nitrogens with zero attached hydrogens (tertiary/aromatic N) is 1. The molecule has 168 valence electrons. The Bertz CT molecular complexity index is 1260. The third-order valence-corrected chi connectivity index (χ3v) is 7.00. The van der Waals surface area contributed by atoms with Crippen LogP contribution in [0.1, 0.15) is 23.6 Å². The monoisotopic (exact) mass is 621 g/mol. The summed E-state index contributed by atoms with van der Waals surface area (Å²) in [6.45, 7) is 2.59. The molecule has 0 fully saturated rings. The van der Waals surface area contributed by atoms with Crippen molar-refractivity contribution in [1.29, 1.82) is 0 Å². The van der Waals surface area contributed by atoms with Gasteiger partial charge < -0.3 is 14.2 Å². The van der Waals surface area contributed by atoms with Gasteiger partial charge in [-0.2, -0.15) is 0 Å². The van der Waals surface area contributed by atoms with Crippen molar-refractivity contribution in [3.63, 3.8) is 0 Å². The number of halogens is 3. The molecule has 0 atom stereocenters. The highest BCUT2D eigenvalue weighted by Crippen LogP contribution is 2.31. The normalized spacial score (nSPS) is 14.2. The number of aliphatic imine (C=N–C) groups is 1. The van der Waals surface area contributed by atoms with Crippen LogP contribution in [-0.2, 0) is 16.1 Å². The highest BCUT2D eigenvalue weighted by Gasteiger charge is 2.24. The van der Waals surface area contributed by atoms with Crippen LogP contribution in [0.15, 0.2) is 75.8 Å². The lowest BCUT2D eigenvalue weighted by molar-refractivity contribution is -0.129. The molecule has 0 saturated carbocycles. The molecule has 0 amide bonds. The van der Waals surface area contributed by atoms with Gasteiger partial charge in [-0.3, -0.25) is 0 Å². The lowest BCUT2D eigenvalue weighted by Gasteiger charge is -2.13. The zero-order valence-corrected chi connectivity index (χ0v) is 21.2.